The van der Waals surface area contributed by atoms with E-state index in [1.54, 1.807) is 19.2 Å². The Morgan fingerprint density at radius 3 is 2.55 bits per heavy atom. The highest BCUT2D eigenvalue weighted by atomic mass is 79.9. The molecule has 20 heavy (non-hydrogen) atoms. The van der Waals surface area contributed by atoms with Crippen molar-refractivity contribution in [2.24, 2.45) is 0 Å². The molecule has 0 aliphatic heterocycles. The first-order valence-corrected chi connectivity index (χ1v) is 7.02. The average molecular weight is 349 g/mol. The Morgan fingerprint density at radius 1 is 1.25 bits per heavy atom. The second-order valence-electron chi connectivity index (χ2n) is 4.10. The molecule has 0 fully saturated rings. The summed E-state index contributed by atoms with van der Waals surface area (Å²) >= 11 is 9.28. The van der Waals surface area contributed by atoms with Gasteiger partial charge >= 0.3 is 0 Å². The summed E-state index contributed by atoms with van der Waals surface area (Å²) in [6, 6.07) is 15.1. The van der Waals surface area contributed by atoms with Crippen LogP contribution in [0, 0.1) is 11.3 Å². The fourth-order valence-corrected chi connectivity index (χ4v) is 2.38. The highest BCUT2D eigenvalue weighted by Crippen LogP contribution is 2.25. The Balaban J connectivity index is 2.43. The van der Waals surface area contributed by atoms with Crippen LogP contribution in [0.25, 0.3) is 11.6 Å². The van der Waals surface area contributed by atoms with Gasteiger partial charge in [-0.1, -0.05) is 39.7 Å². The quantitative estimate of drug-likeness (QED) is 0.566. The number of allylic oxidation sites excluding steroid dienone is 1. The molecule has 0 saturated heterocycles. The summed E-state index contributed by atoms with van der Waals surface area (Å²) in [5.41, 5.74) is 2.29. The fraction of sp³-hybridized carbons (Fsp3) is 0.0625. The molecule has 0 N–H and O–H groups in total. The lowest BCUT2D eigenvalue weighted by molar-refractivity contribution is 0.414. The lowest BCUT2D eigenvalue weighted by atomic mass is 10.0. The van der Waals surface area contributed by atoms with E-state index in [1.165, 1.54) is 0 Å². The molecule has 0 bridgehead atoms. The van der Waals surface area contributed by atoms with Crippen LogP contribution in [-0.4, -0.2) is 7.11 Å². The number of ether oxygens (including phenoxy) is 1. The van der Waals surface area contributed by atoms with E-state index in [2.05, 4.69) is 22.0 Å². The monoisotopic (exact) mass is 347 g/mol. The highest BCUT2D eigenvalue weighted by Gasteiger charge is 2.03. The molecular formula is C16H11BrClNO. The van der Waals surface area contributed by atoms with E-state index in [4.69, 9.17) is 16.3 Å². The number of nitrogens with zero attached hydrogens (tertiary/aromatic N) is 1. The van der Waals surface area contributed by atoms with E-state index < -0.39 is 0 Å². The minimum Gasteiger partial charge on any atom is -0.497 e. The number of benzene rings is 2. The van der Waals surface area contributed by atoms with Crippen LogP contribution in [0.15, 0.2) is 46.9 Å². The number of methoxy groups -OCH3 is 1. The largest absolute Gasteiger partial charge is 0.497 e. The molecule has 0 amide bonds. The number of halogens is 2. The van der Waals surface area contributed by atoms with Crippen LogP contribution < -0.4 is 4.74 Å². The molecule has 0 aliphatic carbocycles. The van der Waals surface area contributed by atoms with Crippen molar-refractivity contribution in [2.45, 2.75) is 0 Å². The summed E-state index contributed by atoms with van der Waals surface area (Å²) in [5.74, 6) is 0.735. The zero-order valence-corrected chi connectivity index (χ0v) is 13.1. The molecular weight excluding hydrogens is 338 g/mol. The van der Waals surface area contributed by atoms with Crippen LogP contribution in [-0.2, 0) is 0 Å². The predicted octanol–water partition coefficient (Wildman–Crippen LogP) is 5.18. The van der Waals surface area contributed by atoms with Crippen molar-refractivity contribution in [2.75, 3.05) is 7.11 Å². The van der Waals surface area contributed by atoms with Gasteiger partial charge in [0.1, 0.15) is 5.75 Å². The third-order valence-electron chi connectivity index (χ3n) is 2.72. The first kappa shape index (κ1) is 14.6. The maximum Gasteiger partial charge on any atom is 0.120 e. The Hall–Kier alpha value is -1.76. The van der Waals surface area contributed by atoms with E-state index in [-0.39, 0.29) is 0 Å². The number of nitriles is 1. The summed E-state index contributed by atoms with van der Waals surface area (Å²) in [4.78, 5) is 0. The van der Waals surface area contributed by atoms with Crippen LogP contribution in [0.3, 0.4) is 0 Å². The van der Waals surface area contributed by atoms with Crippen molar-refractivity contribution in [3.05, 3.63) is 63.1 Å². The Labute approximate surface area is 131 Å². The number of rotatable bonds is 3. The molecule has 2 aromatic carbocycles. The van der Waals surface area contributed by atoms with Gasteiger partial charge in [-0.15, -0.1) is 0 Å². The van der Waals surface area contributed by atoms with Gasteiger partial charge in [-0.2, -0.15) is 5.26 Å². The lowest BCUT2D eigenvalue weighted by Crippen LogP contribution is -1.85. The molecule has 0 aliphatic rings. The molecule has 2 aromatic rings. The van der Waals surface area contributed by atoms with E-state index in [9.17, 15) is 5.26 Å². The van der Waals surface area contributed by atoms with Crippen LogP contribution in [0.1, 0.15) is 11.1 Å². The zero-order chi connectivity index (χ0) is 14.5. The maximum atomic E-state index is 9.31. The third-order valence-corrected chi connectivity index (χ3v) is 3.43. The molecule has 0 spiro atoms. The molecule has 0 heterocycles. The van der Waals surface area contributed by atoms with Gasteiger partial charge in [0.2, 0.25) is 0 Å². The first-order chi connectivity index (χ1) is 9.62. The van der Waals surface area contributed by atoms with Crippen molar-refractivity contribution >= 4 is 39.2 Å². The standard InChI is InChI=1S/C16H11BrClNO/c1-20-16-8-11(7-14(17)9-16)6-13(10-19)12-2-4-15(18)5-3-12/h2-9H,1H3. The van der Waals surface area contributed by atoms with Crippen molar-refractivity contribution in [1.29, 1.82) is 5.26 Å². The summed E-state index contributed by atoms with van der Waals surface area (Å²) in [7, 11) is 1.61. The van der Waals surface area contributed by atoms with Gasteiger partial charge in [0.05, 0.1) is 18.8 Å². The van der Waals surface area contributed by atoms with E-state index in [0.717, 1.165) is 21.3 Å². The molecule has 0 saturated carbocycles. The predicted molar refractivity (Wildman–Crippen MR) is 85.6 cm³/mol. The van der Waals surface area contributed by atoms with E-state index in [1.807, 2.05) is 36.4 Å². The molecule has 2 rings (SSSR count). The Kier molecular flexibility index (Phi) is 4.84. The molecule has 2 nitrogen and oxygen atoms in total. The smallest absolute Gasteiger partial charge is 0.120 e. The van der Waals surface area contributed by atoms with Crippen molar-refractivity contribution in [1.82, 2.24) is 0 Å². The summed E-state index contributed by atoms with van der Waals surface area (Å²) < 4.78 is 6.11. The Morgan fingerprint density at radius 2 is 1.95 bits per heavy atom. The van der Waals surface area contributed by atoms with Crippen LogP contribution in [0.4, 0.5) is 0 Å². The summed E-state index contributed by atoms with van der Waals surface area (Å²) in [6.07, 6.45) is 1.82. The molecule has 0 unspecified atom stereocenters. The molecule has 0 radical (unpaired) electrons. The zero-order valence-electron chi connectivity index (χ0n) is 10.7. The molecule has 100 valence electrons. The topological polar surface area (TPSA) is 33.0 Å². The molecule has 4 heteroatoms. The van der Waals surface area contributed by atoms with Gasteiger partial charge in [-0.05, 0) is 47.5 Å². The Bertz CT molecular complexity index is 687. The fourth-order valence-electron chi connectivity index (χ4n) is 1.76. The van der Waals surface area contributed by atoms with Crippen molar-refractivity contribution in [3.8, 4) is 11.8 Å². The van der Waals surface area contributed by atoms with Gasteiger partial charge in [0.25, 0.3) is 0 Å². The second kappa shape index (κ2) is 6.60. The minimum atomic E-state index is 0.571. The van der Waals surface area contributed by atoms with Gasteiger partial charge < -0.3 is 4.74 Å². The summed E-state index contributed by atoms with van der Waals surface area (Å²) in [5, 5.41) is 9.96. The molecule has 0 atom stereocenters. The van der Waals surface area contributed by atoms with Crippen molar-refractivity contribution in [3.63, 3.8) is 0 Å². The maximum absolute atomic E-state index is 9.31. The van der Waals surface area contributed by atoms with Gasteiger partial charge in [-0.3, -0.25) is 0 Å². The molecule has 0 aromatic heterocycles. The normalized spacial score (nSPS) is 11.0. The first-order valence-electron chi connectivity index (χ1n) is 5.84. The average Bonchev–Trinajstić information content (AvgIpc) is 2.45. The van der Waals surface area contributed by atoms with Crippen molar-refractivity contribution < 1.29 is 4.74 Å². The van der Waals surface area contributed by atoms with E-state index in [0.29, 0.717) is 10.6 Å². The van der Waals surface area contributed by atoms with Gasteiger partial charge in [-0.25, -0.2) is 0 Å². The second-order valence-corrected chi connectivity index (χ2v) is 5.45. The van der Waals surface area contributed by atoms with E-state index >= 15 is 0 Å². The number of hydrogen-bond acceptors (Lipinski definition) is 2. The van der Waals surface area contributed by atoms with Crippen LogP contribution in [0.5, 0.6) is 5.75 Å². The number of hydrogen-bond donors (Lipinski definition) is 0. The lowest BCUT2D eigenvalue weighted by Gasteiger charge is -2.04. The highest BCUT2D eigenvalue weighted by molar-refractivity contribution is 9.10. The van der Waals surface area contributed by atoms with Gasteiger partial charge in [0.15, 0.2) is 0 Å². The van der Waals surface area contributed by atoms with Crippen LogP contribution in [0.2, 0.25) is 5.02 Å². The summed E-state index contributed by atoms with van der Waals surface area (Å²) in [6.45, 7) is 0. The SMILES string of the molecule is COc1cc(Br)cc(C=C(C#N)c2ccc(Cl)cc2)c1. The minimum absolute atomic E-state index is 0.571. The van der Waals surface area contributed by atoms with Crippen LogP contribution >= 0.6 is 27.5 Å². The third kappa shape index (κ3) is 3.63. The van der Waals surface area contributed by atoms with Gasteiger partial charge in [0, 0.05) is 9.50 Å².